The van der Waals surface area contributed by atoms with E-state index in [0.717, 1.165) is 30.8 Å². The van der Waals surface area contributed by atoms with Crippen LogP contribution in [0.3, 0.4) is 0 Å². The topological polar surface area (TPSA) is 43.9 Å². The highest BCUT2D eigenvalue weighted by Crippen LogP contribution is 2.39. The summed E-state index contributed by atoms with van der Waals surface area (Å²) < 4.78 is 0. The molecule has 6 heteroatoms. The summed E-state index contributed by atoms with van der Waals surface area (Å²) in [5, 5.41) is 0. The van der Waals surface area contributed by atoms with E-state index in [1.165, 1.54) is 21.6 Å². The van der Waals surface area contributed by atoms with Crippen molar-refractivity contribution < 1.29 is 9.59 Å². The predicted molar refractivity (Wildman–Crippen MR) is 113 cm³/mol. The van der Waals surface area contributed by atoms with E-state index >= 15 is 0 Å². The normalized spacial score (nSPS) is 15.8. The summed E-state index contributed by atoms with van der Waals surface area (Å²) in [7, 11) is 0. The highest BCUT2D eigenvalue weighted by Gasteiger charge is 2.29. The Hall–Kier alpha value is -2.34. The first-order valence-corrected chi connectivity index (χ1v) is 11.0. The molecule has 0 spiro atoms. The molecule has 0 unspecified atom stereocenters. The first-order chi connectivity index (χ1) is 13.6. The minimum absolute atomic E-state index is 0.0836. The molecule has 3 amide bonds. The van der Waals surface area contributed by atoms with Crippen molar-refractivity contribution in [2.45, 2.75) is 26.7 Å². The molecule has 2 aromatic rings. The number of carbonyl (C=O) groups is 2. The minimum Gasteiger partial charge on any atom is -0.334 e. The number of carbonyl (C=O) groups excluding carboxylic acids is 2. The fraction of sp³-hybridized carbons (Fsp3) is 0.455. The van der Waals surface area contributed by atoms with E-state index in [1.807, 2.05) is 28.5 Å². The molecule has 28 heavy (non-hydrogen) atoms. The van der Waals surface area contributed by atoms with Crippen molar-refractivity contribution in [3.63, 3.8) is 0 Å². The molecule has 5 nitrogen and oxygen atoms in total. The summed E-state index contributed by atoms with van der Waals surface area (Å²) >= 11 is 1.62. The molecule has 0 saturated carbocycles. The number of fused-ring (bicyclic) bond motifs is 3. The first kappa shape index (κ1) is 19.0. The number of nitrogens with zero attached hydrogens (tertiary/aromatic N) is 3. The standard InChI is InChI=1S/C22H27N3O2S/c1-3-23(4-2)22(27)25-13-11-24(12-14-25)21(26)19-15-17-10-9-16-7-5-6-8-18(16)20(17)28-19/h5-8,15H,3-4,9-14H2,1-2H3. The van der Waals surface area contributed by atoms with Gasteiger partial charge in [0.1, 0.15) is 0 Å². The first-order valence-electron chi connectivity index (χ1n) is 10.2. The van der Waals surface area contributed by atoms with Crippen LogP contribution in [0.4, 0.5) is 4.79 Å². The summed E-state index contributed by atoms with van der Waals surface area (Å²) in [5.74, 6) is 0.104. The van der Waals surface area contributed by atoms with Crippen LogP contribution in [-0.4, -0.2) is 65.9 Å². The number of benzene rings is 1. The predicted octanol–water partition coefficient (Wildman–Crippen LogP) is 3.73. The summed E-state index contributed by atoms with van der Waals surface area (Å²) in [4.78, 5) is 33.3. The Kier molecular flexibility index (Phi) is 5.40. The SMILES string of the molecule is CCN(CC)C(=O)N1CCN(C(=O)c2cc3c(s2)-c2ccccc2CC3)CC1. The highest BCUT2D eigenvalue weighted by atomic mass is 32.1. The van der Waals surface area contributed by atoms with Gasteiger partial charge in [0.15, 0.2) is 0 Å². The van der Waals surface area contributed by atoms with Crippen LogP contribution in [0.2, 0.25) is 0 Å². The third-order valence-electron chi connectivity index (χ3n) is 5.82. The lowest BCUT2D eigenvalue weighted by molar-refractivity contribution is 0.0646. The molecule has 0 bridgehead atoms. The van der Waals surface area contributed by atoms with Crippen molar-refractivity contribution in [1.29, 1.82) is 0 Å². The Morgan fingerprint density at radius 3 is 2.32 bits per heavy atom. The van der Waals surface area contributed by atoms with Gasteiger partial charge in [-0.15, -0.1) is 11.3 Å². The number of amides is 3. The van der Waals surface area contributed by atoms with Gasteiger partial charge < -0.3 is 14.7 Å². The molecule has 1 saturated heterocycles. The average Bonchev–Trinajstić information content (AvgIpc) is 3.19. The lowest BCUT2D eigenvalue weighted by atomic mass is 9.91. The van der Waals surface area contributed by atoms with E-state index in [1.54, 1.807) is 11.3 Å². The number of aryl methyl sites for hydroxylation is 2. The largest absolute Gasteiger partial charge is 0.334 e. The monoisotopic (exact) mass is 397 g/mol. The van der Waals surface area contributed by atoms with Crippen LogP contribution in [0.25, 0.3) is 10.4 Å². The van der Waals surface area contributed by atoms with E-state index < -0.39 is 0 Å². The van der Waals surface area contributed by atoms with Gasteiger partial charge in [-0.25, -0.2) is 4.79 Å². The molecule has 1 fully saturated rings. The van der Waals surface area contributed by atoms with E-state index in [4.69, 9.17) is 0 Å². The van der Waals surface area contributed by atoms with Crippen LogP contribution < -0.4 is 0 Å². The number of hydrogen-bond acceptors (Lipinski definition) is 3. The highest BCUT2D eigenvalue weighted by molar-refractivity contribution is 7.17. The number of urea groups is 1. The second-order valence-corrected chi connectivity index (χ2v) is 8.41. The molecule has 1 aliphatic heterocycles. The molecule has 148 valence electrons. The molecule has 0 radical (unpaired) electrons. The van der Waals surface area contributed by atoms with E-state index in [9.17, 15) is 9.59 Å². The van der Waals surface area contributed by atoms with Gasteiger partial charge in [0.2, 0.25) is 0 Å². The van der Waals surface area contributed by atoms with Gasteiger partial charge in [-0.1, -0.05) is 24.3 Å². The van der Waals surface area contributed by atoms with Crippen LogP contribution in [0.5, 0.6) is 0 Å². The molecular weight excluding hydrogens is 370 g/mol. The Morgan fingerprint density at radius 1 is 0.964 bits per heavy atom. The number of hydrogen-bond donors (Lipinski definition) is 0. The fourth-order valence-corrected chi connectivity index (χ4v) is 5.37. The number of piperazine rings is 1. The van der Waals surface area contributed by atoms with Gasteiger partial charge in [0.05, 0.1) is 4.88 Å². The summed E-state index contributed by atoms with van der Waals surface area (Å²) in [6.07, 6.45) is 2.04. The summed E-state index contributed by atoms with van der Waals surface area (Å²) in [5.41, 5.74) is 3.95. The average molecular weight is 398 g/mol. The van der Waals surface area contributed by atoms with Crippen LogP contribution in [0.15, 0.2) is 30.3 Å². The maximum atomic E-state index is 13.1. The second-order valence-electron chi connectivity index (χ2n) is 7.36. The van der Waals surface area contributed by atoms with Gasteiger partial charge in [-0.2, -0.15) is 0 Å². The maximum Gasteiger partial charge on any atom is 0.320 e. The second kappa shape index (κ2) is 7.95. The van der Waals surface area contributed by atoms with Crippen LogP contribution in [0, 0.1) is 0 Å². The zero-order valence-corrected chi connectivity index (χ0v) is 17.4. The fourth-order valence-electron chi connectivity index (χ4n) is 4.13. The zero-order chi connectivity index (χ0) is 19.7. The molecule has 1 aromatic carbocycles. The molecular formula is C22H27N3O2S. The van der Waals surface area contributed by atoms with Gasteiger partial charge in [0, 0.05) is 44.1 Å². The smallest absolute Gasteiger partial charge is 0.320 e. The lowest BCUT2D eigenvalue weighted by Gasteiger charge is -2.37. The van der Waals surface area contributed by atoms with Crippen molar-refractivity contribution in [1.82, 2.24) is 14.7 Å². The van der Waals surface area contributed by atoms with Gasteiger partial charge in [-0.3, -0.25) is 4.79 Å². The third kappa shape index (κ3) is 3.41. The van der Waals surface area contributed by atoms with E-state index in [2.05, 4.69) is 30.3 Å². The van der Waals surface area contributed by atoms with Crippen molar-refractivity contribution in [3.8, 4) is 10.4 Å². The molecule has 4 rings (SSSR count). The van der Waals surface area contributed by atoms with Gasteiger partial charge in [0.25, 0.3) is 5.91 Å². The van der Waals surface area contributed by atoms with Gasteiger partial charge in [-0.05, 0) is 49.4 Å². The Labute approximate surface area is 170 Å². The molecule has 0 N–H and O–H groups in total. The zero-order valence-electron chi connectivity index (χ0n) is 16.6. The van der Waals surface area contributed by atoms with E-state index in [-0.39, 0.29) is 11.9 Å². The van der Waals surface area contributed by atoms with Gasteiger partial charge >= 0.3 is 6.03 Å². The molecule has 2 aliphatic rings. The summed E-state index contributed by atoms with van der Waals surface area (Å²) in [6.45, 7) is 7.85. The molecule has 2 heterocycles. The van der Waals surface area contributed by atoms with Crippen LogP contribution in [0.1, 0.15) is 34.6 Å². The third-order valence-corrected chi connectivity index (χ3v) is 7.02. The van der Waals surface area contributed by atoms with Crippen LogP contribution in [-0.2, 0) is 12.8 Å². The maximum absolute atomic E-state index is 13.1. The lowest BCUT2D eigenvalue weighted by Crippen LogP contribution is -2.53. The molecule has 1 aromatic heterocycles. The Balaban J connectivity index is 1.45. The Morgan fingerprint density at radius 2 is 1.61 bits per heavy atom. The quantitative estimate of drug-likeness (QED) is 0.792. The molecule has 0 atom stereocenters. The van der Waals surface area contributed by atoms with Crippen LogP contribution >= 0.6 is 11.3 Å². The van der Waals surface area contributed by atoms with E-state index in [0.29, 0.717) is 26.2 Å². The Bertz CT molecular complexity index is 880. The van der Waals surface area contributed by atoms with Crippen molar-refractivity contribution in [2.75, 3.05) is 39.3 Å². The summed E-state index contributed by atoms with van der Waals surface area (Å²) in [6, 6.07) is 10.7. The van der Waals surface area contributed by atoms with Crippen molar-refractivity contribution in [2.24, 2.45) is 0 Å². The molecule has 1 aliphatic carbocycles. The van der Waals surface area contributed by atoms with Crippen molar-refractivity contribution >= 4 is 23.3 Å². The number of thiophene rings is 1. The minimum atomic E-state index is 0.0836. The number of rotatable bonds is 3. The van der Waals surface area contributed by atoms with Crippen molar-refractivity contribution in [3.05, 3.63) is 46.3 Å².